The van der Waals surface area contributed by atoms with Gasteiger partial charge < -0.3 is 18.3 Å². The topological polar surface area (TPSA) is 99.6 Å². The molecule has 126 valence electrons. The van der Waals surface area contributed by atoms with Crippen LogP contribution in [0.1, 0.15) is 5.56 Å². The van der Waals surface area contributed by atoms with Crippen molar-refractivity contribution in [3.63, 3.8) is 0 Å². The van der Waals surface area contributed by atoms with Gasteiger partial charge in [-0.05, 0) is 51.8 Å². The molecule has 0 saturated heterocycles. The lowest BCUT2D eigenvalue weighted by atomic mass is 10.2. The molecule has 0 spiro atoms. The minimum Gasteiger partial charge on any atom is -0.454 e. The second kappa shape index (κ2) is 6.44. The van der Waals surface area contributed by atoms with Gasteiger partial charge in [0, 0.05) is 6.08 Å². The minimum absolute atomic E-state index is 0.0251. The van der Waals surface area contributed by atoms with E-state index in [9.17, 15) is 4.79 Å². The summed E-state index contributed by atoms with van der Waals surface area (Å²) >= 11 is 3.19. The first-order valence-corrected chi connectivity index (χ1v) is 7.94. The Kier molecular flexibility index (Phi) is 3.98. The number of hydrogen-bond donors (Lipinski definition) is 1. The highest BCUT2D eigenvalue weighted by molar-refractivity contribution is 9.10. The lowest BCUT2D eigenvalue weighted by Gasteiger charge is -1.98. The molecule has 0 aliphatic carbocycles. The number of ether oxygens (including phenoxy) is 2. The fourth-order valence-electron chi connectivity index (χ4n) is 2.14. The average Bonchev–Trinajstić information content (AvgIpc) is 3.32. The van der Waals surface area contributed by atoms with Gasteiger partial charge in [0.25, 0.3) is 11.8 Å². The third-order valence-electron chi connectivity index (χ3n) is 3.26. The van der Waals surface area contributed by atoms with Crippen LogP contribution in [-0.4, -0.2) is 22.9 Å². The van der Waals surface area contributed by atoms with E-state index in [2.05, 4.69) is 31.4 Å². The SMILES string of the molecule is O=C(C=Cc1ccc2c(c1)OCO2)Nc1nnc(-c2ccc(Br)o2)o1. The van der Waals surface area contributed by atoms with Crippen LogP contribution in [-0.2, 0) is 4.79 Å². The quantitative estimate of drug-likeness (QED) is 0.665. The number of carbonyl (C=O) groups excluding carboxylic acids is 1. The Hall–Kier alpha value is -3.07. The van der Waals surface area contributed by atoms with Gasteiger partial charge in [-0.3, -0.25) is 10.1 Å². The summed E-state index contributed by atoms with van der Waals surface area (Å²) in [5.41, 5.74) is 0.797. The zero-order valence-corrected chi connectivity index (χ0v) is 14.1. The Morgan fingerprint density at radius 2 is 2.00 bits per heavy atom. The maximum atomic E-state index is 12.0. The highest BCUT2D eigenvalue weighted by Gasteiger charge is 2.14. The molecule has 2 aromatic heterocycles. The maximum absolute atomic E-state index is 12.0. The summed E-state index contributed by atoms with van der Waals surface area (Å²) in [6.45, 7) is 0.203. The minimum atomic E-state index is -0.409. The number of fused-ring (bicyclic) bond motifs is 1. The molecule has 0 radical (unpaired) electrons. The van der Waals surface area contributed by atoms with Gasteiger partial charge in [0.15, 0.2) is 21.9 Å². The van der Waals surface area contributed by atoms with Crippen LogP contribution >= 0.6 is 15.9 Å². The van der Waals surface area contributed by atoms with Crippen LogP contribution in [0.5, 0.6) is 11.5 Å². The van der Waals surface area contributed by atoms with E-state index < -0.39 is 5.91 Å². The number of anilines is 1. The highest BCUT2D eigenvalue weighted by atomic mass is 79.9. The normalized spacial score (nSPS) is 12.7. The van der Waals surface area contributed by atoms with Crippen molar-refractivity contribution in [1.29, 1.82) is 0 Å². The molecule has 9 heteroatoms. The van der Waals surface area contributed by atoms with Crippen molar-refractivity contribution in [2.45, 2.75) is 0 Å². The van der Waals surface area contributed by atoms with Crippen LogP contribution in [0.4, 0.5) is 6.01 Å². The molecular formula is C16H10BrN3O5. The number of benzene rings is 1. The number of furan rings is 1. The third-order valence-corrected chi connectivity index (χ3v) is 3.69. The lowest BCUT2D eigenvalue weighted by molar-refractivity contribution is -0.112. The van der Waals surface area contributed by atoms with E-state index in [0.29, 0.717) is 21.9 Å². The first-order chi connectivity index (χ1) is 12.2. The van der Waals surface area contributed by atoms with Crippen molar-refractivity contribution >= 4 is 33.9 Å². The molecule has 1 amide bonds. The number of nitrogens with zero attached hydrogens (tertiary/aromatic N) is 2. The van der Waals surface area contributed by atoms with Gasteiger partial charge in [0.1, 0.15) is 0 Å². The molecule has 3 heterocycles. The predicted octanol–water partition coefficient (Wildman–Crippen LogP) is 3.47. The van der Waals surface area contributed by atoms with Crippen LogP contribution in [0.25, 0.3) is 17.7 Å². The summed E-state index contributed by atoms with van der Waals surface area (Å²) in [6, 6.07) is 8.73. The Bertz CT molecular complexity index is 962. The highest BCUT2D eigenvalue weighted by Crippen LogP contribution is 2.32. The van der Waals surface area contributed by atoms with Gasteiger partial charge in [-0.15, -0.1) is 5.10 Å². The van der Waals surface area contributed by atoms with Gasteiger partial charge in [-0.25, -0.2) is 0 Å². The van der Waals surface area contributed by atoms with Crippen LogP contribution in [0, 0.1) is 0 Å². The monoisotopic (exact) mass is 403 g/mol. The molecule has 0 bridgehead atoms. The van der Waals surface area contributed by atoms with Crippen molar-refractivity contribution in [2.75, 3.05) is 12.1 Å². The first kappa shape index (κ1) is 15.5. The van der Waals surface area contributed by atoms with Crippen LogP contribution in [0.3, 0.4) is 0 Å². The van der Waals surface area contributed by atoms with Gasteiger partial charge >= 0.3 is 6.01 Å². The van der Waals surface area contributed by atoms with Gasteiger partial charge in [-0.1, -0.05) is 11.2 Å². The van der Waals surface area contributed by atoms with Gasteiger partial charge in [0.05, 0.1) is 0 Å². The number of nitrogens with one attached hydrogen (secondary N) is 1. The summed E-state index contributed by atoms with van der Waals surface area (Å²) in [5.74, 6) is 1.49. The molecule has 4 rings (SSSR count). The smallest absolute Gasteiger partial charge is 0.322 e. The van der Waals surface area contributed by atoms with E-state index >= 15 is 0 Å². The van der Waals surface area contributed by atoms with E-state index in [1.807, 2.05) is 6.07 Å². The maximum Gasteiger partial charge on any atom is 0.322 e. The molecule has 0 fully saturated rings. The fourth-order valence-corrected chi connectivity index (χ4v) is 2.44. The van der Waals surface area contributed by atoms with Crippen LogP contribution in [0.15, 0.2) is 49.9 Å². The standard InChI is InChI=1S/C16H10BrN3O5/c17-13-5-4-11(24-13)15-19-20-16(25-15)18-14(21)6-2-9-1-3-10-12(7-9)23-8-22-10/h1-7H,8H2,(H,18,20,21). The Morgan fingerprint density at radius 3 is 2.84 bits per heavy atom. The van der Waals surface area contributed by atoms with Gasteiger partial charge in [0.2, 0.25) is 6.79 Å². The number of hydrogen-bond acceptors (Lipinski definition) is 7. The molecule has 8 nitrogen and oxygen atoms in total. The summed E-state index contributed by atoms with van der Waals surface area (Å²) < 4.78 is 21.7. The zero-order chi connectivity index (χ0) is 17.2. The van der Waals surface area contributed by atoms with E-state index in [0.717, 1.165) is 5.56 Å². The van der Waals surface area contributed by atoms with E-state index in [1.54, 1.807) is 30.3 Å². The number of carbonyl (C=O) groups is 1. The molecule has 1 aromatic carbocycles. The van der Waals surface area contributed by atoms with E-state index in [4.69, 9.17) is 18.3 Å². The molecular weight excluding hydrogens is 394 g/mol. The van der Waals surface area contributed by atoms with Crippen LogP contribution in [0.2, 0.25) is 0 Å². The van der Waals surface area contributed by atoms with Crippen molar-refractivity contribution in [1.82, 2.24) is 10.2 Å². The average molecular weight is 404 g/mol. The second-order valence-electron chi connectivity index (χ2n) is 4.95. The van der Waals surface area contributed by atoms with Crippen molar-refractivity contribution in [2.24, 2.45) is 0 Å². The molecule has 25 heavy (non-hydrogen) atoms. The Balaban J connectivity index is 1.41. The predicted molar refractivity (Wildman–Crippen MR) is 89.9 cm³/mol. The molecule has 3 aromatic rings. The third kappa shape index (κ3) is 3.41. The lowest BCUT2D eigenvalue weighted by Crippen LogP contribution is -2.07. The number of halogens is 1. The summed E-state index contributed by atoms with van der Waals surface area (Å²) in [5, 5.41) is 10.0. The van der Waals surface area contributed by atoms with Crippen LogP contribution < -0.4 is 14.8 Å². The number of rotatable bonds is 4. The van der Waals surface area contributed by atoms with Crippen molar-refractivity contribution in [3.05, 3.63) is 46.6 Å². The molecule has 1 aliphatic rings. The second-order valence-corrected chi connectivity index (χ2v) is 5.73. The first-order valence-electron chi connectivity index (χ1n) is 7.15. The van der Waals surface area contributed by atoms with Crippen molar-refractivity contribution in [3.8, 4) is 23.1 Å². The van der Waals surface area contributed by atoms with Gasteiger partial charge in [-0.2, -0.15) is 0 Å². The number of aromatic nitrogens is 2. The molecule has 0 saturated carbocycles. The fraction of sp³-hybridized carbons (Fsp3) is 0.0625. The molecule has 0 unspecified atom stereocenters. The number of amides is 1. The molecule has 1 aliphatic heterocycles. The molecule has 0 atom stereocenters. The largest absolute Gasteiger partial charge is 0.454 e. The van der Waals surface area contributed by atoms with E-state index in [1.165, 1.54) is 6.08 Å². The zero-order valence-electron chi connectivity index (χ0n) is 12.6. The van der Waals surface area contributed by atoms with E-state index in [-0.39, 0.29) is 18.7 Å². The summed E-state index contributed by atoms with van der Waals surface area (Å²) in [4.78, 5) is 12.0. The summed E-state index contributed by atoms with van der Waals surface area (Å²) in [6.07, 6.45) is 2.99. The Labute approximate surface area is 149 Å². The van der Waals surface area contributed by atoms with Crippen molar-refractivity contribution < 1.29 is 23.1 Å². The summed E-state index contributed by atoms with van der Waals surface area (Å²) in [7, 11) is 0. The Morgan fingerprint density at radius 1 is 1.12 bits per heavy atom. The molecule has 1 N–H and O–H groups in total.